The minimum Gasteiger partial charge on any atom is -0.479 e. The zero-order chi connectivity index (χ0) is 23.2. The number of halogens is 1. The van der Waals surface area contributed by atoms with E-state index in [-0.39, 0.29) is 13.0 Å². The lowest BCUT2D eigenvalue weighted by Crippen LogP contribution is -2.36. The number of ether oxygens (including phenoxy) is 2. The van der Waals surface area contributed by atoms with Crippen molar-refractivity contribution in [3.05, 3.63) is 48.0 Å². The van der Waals surface area contributed by atoms with Crippen LogP contribution in [0.1, 0.15) is 45.9 Å². The summed E-state index contributed by atoms with van der Waals surface area (Å²) >= 11 is 0. The van der Waals surface area contributed by atoms with Crippen LogP contribution in [-0.2, 0) is 14.3 Å². The molecule has 8 nitrogen and oxygen atoms in total. The minimum absolute atomic E-state index is 0.0575. The predicted octanol–water partition coefficient (Wildman–Crippen LogP) is 3.92. The molecule has 0 aliphatic carbocycles. The third-order valence-electron chi connectivity index (χ3n) is 4.28. The molecule has 1 aromatic carbocycles. The van der Waals surface area contributed by atoms with Crippen molar-refractivity contribution in [3.8, 4) is 11.1 Å². The van der Waals surface area contributed by atoms with Gasteiger partial charge in [0, 0.05) is 17.4 Å². The number of hydrogen-bond donors (Lipinski definition) is 3. The molecule has 0 saturated heterocycles. The molecule has 1 heterocycles. The van der Waals surface area contributed by atoms with Gasteiger partial charge in [0.2, 0.25) is 0 Å². The van der Waals surface area contributed by atoms with Gasteiger partial charge < -0.3 is 25.6 Å². The summed E-state index contributed by atoms with van der Waals surface area (Å²) in [7, 11) is 0. The van der Waals surface area contributed by atoms with Gasteiger partial charge in [0.1, 0.15) is 11.4 Å². The average molecular weight is 433 g/mol. The van der Waals surface area contributed by atoms with Crippen LogP contribution in [0, 0.1) is 5.82 Å². The summed E-state index contributed by atoms with van der Waals surface area (Å²) < 4.78 is 24.3. The highest BCUT2D eigenvalue weighted by molar-refractivity contribution is 5.76. The number of nitrogens with zero attached hydrogens (tertiary/aromatic N) is 1. The van der Waals surface area contributed by atoms with Crippen LogP contribution in [0.5, 0.6) is 0 Å². The molecular weight excluding hydrogens is 405 g/mol. The van der Waals surface area contributed by atoms with Gasteiger partial charge in [-0.2, -0.15) is 0 Å². The van der Waals surface area contributed by atoms with E-state index in [2.05, 4.69) is 10.3 Å². The molecular formula is C22H28FN3O5. The van der Waals surface area contributed by atoms with Gasteiger partial charge >= 0.3 is 12.1 Å². The second kappa shape index (κ2) is 10.2. The number of anilines is 1. The van der Waals surface area contributed by atoms with Crippen LogP contribution in [0.15, 0.2) is 36.5 Å². The zero-order valence-electron chi connectivity index (χ0n) is 18.0. The Bertz CT molecular complexity index is 930. The molecule has 0 spiro atoms. The molecule has 31 heavy (non-hydrogen) atoms. The lowest BCUT2D eigenvalue weighted by atomic mass is 10.0. The topological polar surface area (TPSA) is 124 Å². The van der Waals surface area contributed by atoms with Crippen molar-refractivity contribution in [2.75, 3.05) is 12.3 Å². The fourth-order valence-corrected chi connectivity index (χ4v) is 2.76. The summed E-state index contributed by atoms with van der Waals surface area (Å²) in [6.45, 7) is 6.70. The van der Waals surface area contributed by atoms with Gasteiger partial charge in [-0.15, -0.1) is 0 Å². The summed E-state index contributed by atoms with van der Waals surface area (Å²) in [5, 5.41) is 11.7. The molecule has 0 aliphatic heterocycles. The molecule has 0 saturated carbocycles. The molecule has 2 atom stereocenters. The van der Waals surface area contributed by atoms with Crippen LogP contribution in [0.3, 0.4) is 0 Å². The number of pyridine rings is 1. The molecule has 0 aliphatic rings. The number of carboxylic acid groups (broad SMARTS) is 1. The second-order valence-electron chi connectivity index (χ2n) is 8.04. The van der Waals surface area contributed by atoms with Gasteiger partial charge in [0.05, 0.1) is 18.3 Å². The molecule has 0 bridgehead atoms. The van der Waals surface area contributed by atoms with E-state index in [1.54, 1.807) is 32.9 Å². The SMILES string of the molecule is CC(OCC[C@H](NC(=O)OC(C)(C)C)c1cc(-c2cc(F)ccc2N)ccn1)C(=O)O. The Hall–Kier alpha value is -3.20. The smallest absolute Gasteiger partial charge is 0.408 e. The Morgan fingerprint density at radius 1 is 1.26 bits per heavy atom. The maximum absolute atomic E-state index is 13.7. The van der Waals surface area contributed by atoms with Gasteiger partial charge in [0.25, 0.3) is 0 Å². The van der Waals surface area contributed by atoms with E-state index in [4.69, 9.17) is 20.3 Å². The number of benzene rings is 1. The molecule has 0 fully saturated rings. The number of alkyl carbamates (subject to hydrolysis) is 1. The van der Waals surface area contributed by atoms with E-state index in [0.717, 1.165) is 0 Å². The summed E-state index contributed by atoms with van der Waals surface area (Å²) in [6.07, 6.45) is 0.126. The third kappa shape index (κ3) is 7.53. The van der Waals surface area contributed by atoms with Crippen LogP contribution in [0.2, 0.25) is 0 Å². The van der Waals surface area contributed by atoms with Crippen LogP contribution in [-0.4, -0.2) is 40.5 Å². The van der Waals surface area contributed by atoms with E-state index in [1.165, 1.54) is 31.3 Å². The van der Waals surface area contributed by atoms with E-state index in [1.807, 2.05) is 0 Å². The van der Waals surface area contributed by atoms with E-state index >= 15 is 0 Å². The second-order valence-corrected chi connectivity index (χ2v) is 8.04. The quantitative estimate of drug-likeness (QED) is 0.539. The maximum Gasteiger partial charge on any atom is 0.408 e. The third-order valence-corrected chi connectivity index (χ3v) is 4.28. The summed E-state index contributed by atoms with van der Waals surface area (Å²) in [5.41, 5.74) is 7.27. The van der Waals surface area contributed by atoms with Gasteiger partial charge in [-0.25, -0.2) is 14.0 Å². The fraction of sp³-hybridized carbons (Fsp3) is 0.409. The lowest BCUT2D eigenvalue weighted by Gasteiger charge is -2.24. The Kier molecular flexibility index (Phi) is 7.93. The van der Waals surface area contributed by atoms with Gasteiger partial charge in [-0.1, -0.05) is 0 Å². The largest absolute Gasteiger partial charge is 0.479 e. The fourth-order valence-electron chi connectivity index (χ4n) is 2.76. The Labute approximate surface area is 180 Å². The van der Waals surface area contributed by atoms with Crippen molar-refractivity contribution in [1.29, 1.82) is 0 Å². The van der Waals surface area contributed by atoms with Crippen molar-refractivity contribution in [1.82, 2.24) is 10.3 Å². The molecule has 2 aromatic rings. The molecule has 0 radical (unpaired) electrons. The number of carbonyl (C=O) groups is 2. The van der Waals surface area contributed by atoms with E-state index in [9.17, 15) is 14.0 Å². The monoisotopic (exact) mass is 433 g/mol. The highest BCUT2D eigenvalue weighted by atomic mass is 19.1. The van der Waals surface area contributed by atoms with Crippen molar-refractivity contribution in [3.63, 3.8) is 0 Å². The number of carbonyl (C=O) groups excluding carboxylic acids is 1. The summed E-state index contributed by atoms with van der Waals surface area (Å²) in [6, 6.07) is 6.81. The number of nitrogens with two attached hydrogens (primary N) is 1. The molecule has 168 valence electrons. The number of amides is 1. The molecule has 2 rings (SSSR count). The average Bonchev–Trinajstić information content (AvgIpc) is 2.67. The standard InChI is InChI=1S/C22H28FN3O5/c1-13(20(27)28)30-10-8-18(26-21(29)31-22(2,3)4)19-11-14(7-9-25-19)16-12-15(23)5-6-17(16)24/h5-7,9,11-13,18H,8,10,24H2,1-4H3,(H,26,29)(H,27,28)/t13?,18-/m0/s1. The van der Waals surface area contributed by atoms with E-state index < -0.39 is 35.6 Å². The summed E-state index contributed by atoms with van der Waals surface area (Å²) in [4.78, 5) is 27.6. The predicted molar refractivity (Wildman–Crippen MR) is 114 cm³/mol. The van der Waals surface area contributed by atoms with Crippen LogP contribution in [0.25, 0.3) is 11.1 Å². The highest BCUT2D eigenvalue weighted by Gasteiger charge is 2.23. The number of hydrogen-bond acceptors (Lipinski definition) is 6. The number of nitrogen functional groups attached to an aromatic ring is 1. The van der Waals surface area contributed by atoms with Crippen molar-refractivity contribution < 1.29 is 28.6 Å². The van der Waals surface area contributed by atoms with Crippen molar-refractivity contribution in [2.45, 2.75) is 51.9 Å². The van der Waals surface area contributed by atoms with Crippen molar-refractivity contribution >= 4 is 17.7 Å². The van der Waals surface area contributed by atoms with E-state index in [0.29, 0.717) is 22.5 Å². The number of aromatic nitrogens is 1. The highest BCUT2D eigenvalue weighted by Crippen LogP contribution is 2.29. The Morgan fingerprint density at radius 2 is 1.97 bits per heavy atom. The number of nitrogens with one attached hydrogen (secondary N) is 1. The molecule has 1 amide bonds. The van der Waals surface area contributed by atoms with Gasteiger partial charge in [-0.3, -0.25) is 4.98 Å². The molecule has 1 unspecified atom stereocenters. The normalized spacial score (nSPS) is 13.3. The maximum atomic E-state index is 13.7. The number of carboxylic acids is 1. The van der Waals surface area contributed by atoms with Crippen LogP contribution >= 0.6 is 0 Å². The Balaban J connectivity index is 2.28. The van der Waals surface area contributed by atoms with Crippen LogP contribution in [0.4, 0.5) is 14.9 Å². The van der Waals surface area contributed by atoms with Crippen LogP contribution < -0.4 is 11.1 Å². The first kappa shape index (κ1) is 24.1. The first-order chi connectivity index (χ1) is 14.5. The molecule has 1 aromatic heterocycles. The molecule has 4 N–H and O–H groups in total. The Morgan fingerprint density at radius 3 is 2.61 bits per heavy atom. The van der Waals surface area contributed by atoms with Gasteiger partial charge in [0.15, 0.2) is 6.10 Å². The van der Waals surface area contributed by atoms with Gasteiger partial charge in [-0.05, 0) is 70.0 Å². The van der Waals surface area contributed by atoms with Crippen molar-refractivity contribution in [2.24, 2.45) is 0 Å². The summed E-state index contributed by atoms with van der Waals surface area (Å²) in [5.74, 6) is -1.51. The molecule has 9 heteroatoms. The number of aliphatic carboxylic acids is 1. The first-order valence-electron chi connectivity index (χ1n) is 9.81. The minimum atomic E-state index is -1.08. The number of rotatable bonds is 8. The lowest BCUT2D eigenvalue weighted by molar-refractivity contribution is -0.149. The first-order valence-corrected chi connectivity index (χ1v) is 9.81. The zero-order valence-corrected chi connectivity index (χ0v) is 18.0.